The van der Waals surface area contributed by atoms with Crippen LogP contribution in [-0.4, -0.2) is 28.7 Å². The first-order valence-electron chi connectivity index (χ1n) is 8.73. The van der Waals surface area contributed by atoms with E-state index in [1.54, 1.807) is 50.2 Å². The maximum absolute atomic E-state index is 13.2. The Kier molecular flexibility index (Phi) is 5.45. The minimum absolute atomic E-state index is 0.0345. The van der Waals surface area contributed by atoms with E-state index < -0.39 is 12.1 Å². The van der Waals surface area contributed by atoms with E-state index in [2.05, 4.69) is 0 Å². The molecule has 3 rings (SSSR count). The SMILES string of the molecule is COC(=O)Cc1c(C)n(C(=O)c2ccc(Cl)cc2)c2ccc(C(C)O)c(N)c12. The van der Waals surface area contributed by atoms with Gasteiger partial charge in [-0.2, -0.15) is 0 Å². The number of hydrogen-bond donors (Lipinski definition) is 2. The topological polar surface area (TPSA) is 94.5 Å². The molecule has 1 atom stereocenters. The number of carbonyl (C=O) groups excluding carboxylic acids is 2. The van der Waals surface area contributed by atoms with Gasteiger partial charge in [0.1, 0.15) is 0 Å². The Balaban J connectivity index is 2.29. The molecule has 0 aliphatic rings. The molecule has 1 heterocycles. The molecule has 7 heteroatoms. The molecule has 28 heavy (non-hydrogen) atoms. The molecule has 1 aromatic heterocycles. The highest BCUT2D eigenvalue weighted by molar-refractivity contribution is 6.30. The normalized spacial score (nSPS) is 12.2. The Hall–Kier alpha value is -2.83. The summed E-state index contributed by atoms with van der Waals surface area (Å²) in [7, 11) is 1.31. The molecule has 0 radical (unpaired) electrons. The van der Waals surface area contributed by atoms with Gasteiger partial charge in [-0.1, -0.05) is 17.7 Å². The van der Waals surface area contributed by atoms with E-state index in [1.807, 2.05) is 0 Å². The monoisotopic (exact) mass is 400 g/mol. The van der Waals surface area contributed by atoms with E-state index in [-0.39, 0.29) is 12.3 Å². The van der Waals surface area contributed by atoms with Crippen LogP contribution in [0.2, 0.25) is 5.02 Å². The minimum Gasteiger partial charge on any atom is -0.469 e. The van der Waals surface area contributed by atoms with Crippen LogP contribution in [0.15, 0.2) is 36.4 Å². The Morgan fingerprint density at radius 1 is 1.21 bits per heavy atom. The number of nitrogen functional groups attached to an aromatic ring is 1. The molecule has 2 aromatic carbocycles. The molecule has 146 valence electrons. The average Bonchev–Trinajstić information content (AvgIpc) is 2.94. The van der Waals surface area contributed by atoms with Crippen LogP contribution >= 0.6 is 11.6 Å². The fraction of sp³-hybridized carbons (Fsp3) is 0.238. The first-order chi connectivity index (χ1) is 13.3. The van der Waals surface area contributed by atoms with Crippen molar-refractivity contribution in [1.29, 1.82) is 0 Å². The predicted molar refractivity (Wildman–Crippen MR) is 109 cm³/mol. The van der Waals surface area contributed by atoms with E-state index in [4.69, 9.17) is 22.1 Å². The number of aliphatic hydroxyl groups is 1. The molecule has 0 fully saturated rings. The number of ether oxygens (including phenoxy) is 1. The van der Waals surface area contributed by atoms with Crippen molar-refractivity contribution >= 4 is 40.1 Å². The number of aliphatic hydroxyl groups excluding tert-OH is 1. The molecular weight excluding hydrogens is 380 g/mol. The molecule has 3 aromatic rings. The van der Waals surface area contributed by atoms with E-state index in [9.17, 15) is 14.7 Å². The van der Waals surface area contributed by atoms with Crippen molar-refractivity contribution in [2.24, 2.45) is 0 Å². The lowest BCUT2D eigenvalue weighted by molar-refractivity contribution is -0.139. The molecule has 0 aliphatic heterocycles. The number of esters is 1. The summed E-state index contributed by atoms with van der Waals surface area (Å²) < 4.78 is 6.33. The highest BCUT2D eigenvalue weighted by Crippen LogP contribution is 2.36. The zero-order chi connectivity index (χ0) is 20.6. The summed E-state index contributed by atoms with van der Waals surface area (Å²) in [4.78, 5) is 25.2. The van der Waals surface area contributed by atoms with Crippen molar-refractivity contribution in [3.8, 4) is 0 Å². The Labute approximate surface area is 167 Å². The summed E-state index contributed by atoms with van der Waals surface area (Å²) in [5, 5.41) is 11.1. The summed E-state index contributed by atoms with van der Waals surface area (Å²) >= 11 is 5.92. The molecule has 3 N–H and O–H groups in total. The molecule has 0 saturated carbocycles. The number of rotatable bonds is 4. The minimum atomic E-state index is -0.786. The van der Waals surface area contributed by atoms with Crippen LogP contribution in [0.25, 0.3) is 10.9 Å². The van der Waals surface area contributed by atoms with Gasteiger partial charge >= 0.3 is 5.97 Å². The molecule has 0 saturated heterocycles. The van der Waals surface area contributed by atoms with E-state index >= 15 is 0 Å². The number of anilines is 1. The van der Waals surface area contributed by atoms with Gasteiger partial charge in [-0.15, -0.1) is 0 Å². The van der Waals surface area contributed by atoms with E-state index in [1.165, 1.54) is 11.7 Å². The van der Waals surface area contributed by atoms with Gasteiger partial charge in [0.15, 0.2) is 0 Å². The van der Waals surface area contributed by atoms with Gasteiger partial charge in [-0.3, -0.25) is 14.2 Å². The average molecular weight is 401 g/mol. The lowest BCUT2D eigenvalue weighted by Crippen LogP contribution is -2.14. The molecule has 0 spiro atoms. The number of methoxy groups -OCH3 is 1. The van der Waals surface area contributed by atoms with Crippen molar-refractivity contribution in [3.05, 3.63) is 63.8 Å². The van der Waals surface area contributed by atoms with E-state index in [0.29, 0.717) is 44.0 Å². The van der Waals surface area contributed by atoms with Crippen LogP contribution < -0.4 is 5.73 Å². The third kappa shape index (κ3) is 3.37. The van der Waals surface area contributed by atoms with Crippen LogP contribution in [-0.2, 0) is 16.0 Å². The maximum atomic E-state index is 13.2. The van der Waals surface area contributed by atoms with Crippen molar-refractivity contribution in [2.45, 2.75) is 26.4 Å². The first kappa shape index (κ1) is 19.9. The highest BCUT2D eigenvalue weighted by Gasteiger charge is 2.24. The molecule has 1 unspecified atom stereocenters. The largest absolute Gasteiger partial charge is 0.469 e. The highest BCUT2D eigenvalue weighted by atomic mass is 35.5. The predicted octanol–water partition coefficient (Wildman–Crippen LogP) is 3.64. The summed E-state index contributed by atoms with van der Waals surface area (Å²) in [6.45, 7) is 3.37. The molecule has 6 nitrogen and oxygen atoms in total. The van der Waals surface area contributed by atoms with E-state index in [0.717, 1.165) is 0 Å². The van der Waals surface area contributed by atoms with Gasteiger partial charge in [0, 0.05) is 32.9 Å². The standard InChI is InChI=1S/C21H21ClN2O4/c1-11-16(10-18(26)28-3)19-17(9-8-15(12(2)25)20(19)23)24(11)21(27)13-4-6-14(22)7-5-13/h4-9,12,25H,10,23H2,1-3H3. The lowest BCUT2D eigenvalue weighted by atomic mass is 10.0. The molecular formula is C21H21ClN2O4. The van der Waals surface area contributed by atoms with Gasteiger partial charge < -0.3 is 15.6 Å². The van der Waals surface area contributed by atoms with Crippen molar-refractivity contribution < 1.29 is 19.4 Å². The fourth-order valence-corrected chi connectivity index (χ4v) is 3.53. The summed E-state index contributed by atoms with van der Waals surface area (Å²) in [6, 6.07) is 9.99. The third-order valence-electron chi connectivity index (χ3n) is 4.87. The number of hydrogen-bond acceptors (Lipinski definition) is 5. The van der Waals surface area contributed by atoms with Crippen LogP contribution in [0.4, 0.5) is 5.69 Å². The second-order valence-electron chi connectivity index (χ2n) is 6.60. The second kappa shape index (κ2) is 7.66. The van der Waals surface area contributed by atoms with Crippen molar-refractivity contribution in [3.63, 3.8) is 0 Å². The quantitative estimate of drug-likeness (QED) is 0.515. The Bertz CT molecular complexity index is 1070. The lowest BCUT2D eigenvalue weighted by Gasteiger charge is -2.11. The van der Waals surface area contributed by atoms with Gasteiger partial charge in [0.05, 0.1) is 25.2 Å². The van der Waals surface area contributed by atoms with Gasteiger partial charge in [-0.05, 0) is 49.7 Å². The van der Waals surface area contributed by atoms with Gasteiger partial charge in [0.2, 0.25) is 0 Å². The number of aromatic nitrogens is 1. The zero-order valence-corrected chi connectivity index (χ0v) is 16.6. The molecule has 0 aliphatic carbocycles. The van der Waals surface area contributed by atoms with Crippen LogP contribution in [0.5, 0.6) is 0 Å². The third-order valence-corrected chi connectivity index (χ3v) is 5.12. The number of fused-ring (bicyclic) bond motifs is 1. The number of benzene rings is 2. The van der Waals surface area contributed by atoms with Gasteiger partial charge in [0.25, 0.3) is 5.91 Å². The van der Waals surface area contributed by atoms with Crippen LogP contribution in [0.3, 0.4) is 0 Å². The molecule has 0 amide bonds. The maximum Gasteiger partial charge on any atom is 0.310 e. The van der Waals surface area contributed by atoms with Crippen LogP contribution in [0, 0.1) is 6.92 Å². The Morgan fingerprint density at radius 2 is 1.86 bits per heavy atom. The smallest absolute Gasteiger partial charge is 0.310 e. The van der Waals surface area contributed by atoms with Crippen molar-refractivity contribution in [1.82, 2.24) is 4.57 Å². The first-order valence-corrected chi connectivity index (χ1v) is 9.11. The van der Waals surface area contributed by atoms with Gasteiger partial charge in [-0.25, -0.2) is 0 Å². The number of nitrogens with two attached hydrogens (primary N) is 1. The Morgan fingerprint density at radius 3 is 2.43 bits per heavy atom. The number of nitrogens with zero attached hydrogens (tertiary/aromatic N) is 1. The van der Waals surface area contributed by atoms with Crippen LogP contribution in [0.1, 0.15) is 40.2 Å². The molecule has 0 bridgehead atoms. The summed E-state index contributed by atoms with van der Waals surface area (Å²) in [6.07, 6.45) is -0.821. The second-order valence-corrected chi connectivity index (χ2v) is 7.04. The summed E-state index contributed by atoms with van der Waals surface area (Å²) in [5.41, 5.74) is 9.42. The summed E-state index contributed by atoms with van der Waals surface area (Å²) in [5.74, 6) is -0.706. The fourth-order valence-electron chi connectivity index (χ4n) is 3.40. The number of halogens is 1. The zero-order valence-electron chi connectivity index (χ0n) is 15.8. The van der Waals surface area contributed by atoms with Crippen molar-refractivity contribution in [2.75, 3.05) is 12.8 Å². The number of carbonyl (C=O) groups is 2.